The average Bonchev–Trinajstić information content (AvgIpc) is 3.51. The number of morpholine rings is 1. The first-order valence-corrected chi connectivity index (χ1v) is 16.8. The second-order valence-corrected chi connectivity index (χ2v) is 13.9. The zero-order chi connectivity index (χ0) is 29.7. The first-order valence-electron chi connectivity index (χ1n) is 14.9. The monoisotopic (exact) mass is 614 g/mol. The van der Waals surface area contributed by atoms with Gasteiger partial charge >= 0.3 is 0 Å². The average molecular weight is 615 g/mol. The molecule has 0 radical (unpaired) electrons. The first kappa shape index (κ1) is 30.8. The van der Waals surface area contributed by atoms with Crippen molar-refractivity contribution in [3.8, 4) is 0 Å². The third kappa shape index (κ3) is 7.46. The van der Waals surface area contributed by atoms with E-state index in [0.29, 0.717) is 51.7 Å². The normalized spacial score (nSPS) is 19.9. The summed E-state index contributed by atoms with van der Waals surface area (Å²) in [7, 11) is -1.58. The van der Waals surface area contributed by atoms with Gasteiger partial charge in [-0.3, -0.25) is 4.79 Å². The van der Waals surface area contributed by atoms with Crippen molar-refractivity contribution in [2.24, 2.45) is 5.92 Å². The predicted molar refractivity (Wildman–Crippen MR) is 168 cm³/mol. The van der Waals surface area contributed by atoms with E-state index in [1.165, 1.54) is 12.8 Å². The molecule has 2 N–H and O–H groups in total. The number of amides is 1. The van der Waals surface area contributed by atoms with E-state index in [0.717, 1.165) is 48.7 Å². The highest BCUT2D eigenvalue weighted by Gasteiger charge is 2.30. The number of benzene rings is 1. The molecule has 42 heavy (non-hydrogen) atoms. The Bertz CT molecular complexity index is 1350. The van der Waals surface area contributed by atoms with Crippen LogP contribution < -0.4 is 15.5 Å². The van der Waals surface area contributed by atoms with Gasteiger partial charge in [0.15, 0.2) is 5.11 Å². The number of thiocarbonyl (C=S) groups is 1. The molecule has 1 aromatic heterocycles. The Morgan fingerprint density at radius 3 is 2.33 bits per heavy atom. The standard InChI is InChI=1S/C30H42N6O4S2/c1-22-27(11-12-28(31-22)35-17-19-40-20-18-35)32-30(41)33-29(37)26(21-23-5-3-4-6-23)24-7-9-25(10-8-24)42(38,39)36-15-13-34(2)14-16-36/h7-12,23,26H,3-6,13-21H2,1-2H3,(H2,32,33,37,41)/t26-/m1/s1. The molecule has 2 saturated heterocycles. The molecule has 228 valence electrons. The molecule has 0 bridgehead atoms. The molecule has 10 nitrogen and oxygen atoms in total. The number of nitrogens with zero attached hydrogens (tertiary/aromatic N) is 4. The molecule has 1 atom stereocenters. The summed E-state index contributed by atoms with van der Waals surface area (Å²) in [6.45, 7) is 7.27. The van der Waals surface area contributed by atoms with Crippen molar-refractivity contribution in [3.05, 3.63) is 47.7 Å². The van der Waals surface area contributed by atoms with Crippen LogP contribution >= 0.6 is 12.2 Å². The highest BCUT2D eigenvalue weighted by atomic mass is 32.2. The number of likely N-dealkylation sites (N-methyl/N-ethyl adjacent to an activating group) is 1. The van der Waals surface area contributed by atoms with Crippen molar-refractivity contribution in [2.45, 2.75) is 49.8 Å². The fourth-order valence-electron chi connectivity index (χ4n) is 6.02. The van der Waals surface area contributed by atoms with Gasteiger partial charge in [-0.25, -0.2) is 13.4 Å². The van der Waals surface area contributed by atoms with Gasteiger partial charge in [-0.1, -0.05) is 37.8 Å². The number of anilines is 2. The van der Waals surface area contributed by atoms with E-state index in [2.05, 4.69) is 20.4 Å². The van der Waals surface area contributed by atoms with Crippen LogP contribution in [0.2, 0.25) is 0 Å². The van der Waals surface area contributed by atoms with E-state index in [-0.39, 0.29) is 15.9 Å². The van der Waals surface area contributed by atoms with E-state index in [9.17, 15) is 13.2 Å². The van der Waals surface area contributed by atoms with Crippen LogP contribution in [0.25, 0.3) is 0 Å². The second-order valence-electron chi connectivity index (χ2n) is 11.6. The second kappa shape index (κ2) is 13.8. The number of hydrogen-bond donors (Lipinski definition) is 2. The highest BCUT2D eigenvalue weighted by Crippen LogP contribution is 2.35. The van der Waals surface area contributed by atoms with E-state index in [4.69, 9.17) is 21.9 Å². The predicted octanol–water partition coefficient (Wildman–Crippen LogP) is 3.34. The largest absolute Gasteiger partial charge is 0.378 e. The Hall–Kier alpha value is -2.64. The first-order chi connectivity index (χ1) is 20.2. The fourth-order valence-corrected chi connectivity index (χ4v) is 7.66. The van der Waals surface area contributed by atoms with Crippen LogP contribution in [0.1, 0.15) is 49.3 Å². The molecule has 3 fully saturated rings. The lowest BCUT2D eigenvalue weighted by Gasteiger charge is -2.31. The minimum absolute atomic E-state index is 0.190. The zero-order valence-corrected chi connectivity index (χ0v) is 26.2. The van der Waals surface area contributed by atoms with Gasteiger partial charge in [0.25, 0.3) is 0 Å². The number of hydrogen-bond acceptors (Lipinski definition) is 8. The third-order valence-electron chi connectivity index (χ3n) is 8.63. The van der Waals surface area contributed by atoms with E-state index >= 15 is 0 Å². The number of pyridine rings is 1. The Balaban J connectivity index is 1.26. The Morgan fingerprint density at radius 2 is 1.69 bits per heavy atom. The molecular formula is C30H42N6O4S2. The summed E-state index contributed by atoms with van der Waals surface area (Å²) in [6, 6.07) is 10.7. The molecule has 0 unspecified atom stereocenters. The summed E-state index contributed by atoms with van der Waals surface area (Å²) < 4.78 is 33.4. The number of sulfonamides is 1. The number of rotatable bonds is 8. The van der Waals surface area contributed by atoms with Crippen molar-refractivity contribution in [2.75, 3.05) is 69.7 Å². The van der Waals surface area contributed by atoms with Crippen LogP contribution in [-0.2, 0) is 19.6 Å². The number of nitrogens with one attached hydrogen (secondary N) is 2. The molecule has 5 rings (SSSR count). The molecule has 3 aliphatic rings. The Kier molecular flexibility index (Phi) is 10.1. The summed E-state index contributed by atoms with van der Waals surface area (Å²) in [4.78, 5) is 22.9. The zero-order valence-electron chi connectivity index (χ0n) is 24.5. The molecule has 1 amide bonds. The van der Waals surface area contributed by atoms with E-state index < -0.39 is 15.9 Å². The molecule has 12 heteroatoms. The van der Waals surface area contributed by atoms with E-state index in [1.807, 2.05) is 26.1 Å². The van der Waals surface area contributed by atoms with Gasteiger partial charge in [-0.15, -0.1) is 0 Å². The Morgan fingerprint density at radius 1 is 1.02 bits per heavy atom. The topological polar surface area (TPSA) is 107 Å². The van der Waals surface area contributed by atoms with Gasteiger partial charge in [0.2, 0.25) is 15.9 Å². The van der Waals surface area contributed by atoms with Crippen molar-refractivity contribution >= 4 is 44.8 Å². The van der Waals surface area contributed by atoms with Gasteiger partial charge < -0.3 is 25.2 Å². The summed E-state index contributed by atoms with van der Waals surface area (Å²) in [5.41, 5.74) is 2.32. The number of aryl methyl sites for hydroxylation is 1. The maximum absolute atomic E-state index is 13.6. The fraction of sp³-hybridized carbons (Fsp3) is 0.567. The van der Waals surface area contributed by atoms with Gasteiger partial charge in [0.1, 0.15) is 5.82 Å². The van der Waals surface area contributed by atoms with Crippen molar-refractivity contribution in [1.82, 2.24) is 19.5 Å². The van der Waals surface area contributed by atoms with Crippen LogP contribution in [-0.4, -0.2) is 93.2 Å². The maximum atomic E-state index is 13.6. The van der Waals surface area contributed by atoms with Gasteiger partial charge in [0.05, 0.1) is 35.4 Å². The third-order valence-corrected chi connectivity index (χ3v) is 10.8. The Labute approximate surface area is 254 Å². The highest BCUT2D eigenvalue weighted by molar-refractivity contribution is 7.89. The number of aromatic nitrogens is 1. The van der Waals surface area contributed by atoms with Crippen LogP contribution in [0.5, 0.6) is 0 Å². The SMILES string of the molecule is Cc1nc(N2CCOCC2)ccc1NC(=S)NC(=O)[C@H](CC1CCCC1)c1ccc(S(=O)(=O)N2CCN(C)CC2)cc1. The van der Waals surface area contributed by atoms with Crippen LogP contribution in [0.3, 0.4) is 0 Å². The minimum Gasteiger partial charge on any atom is -0.378 e. The van der Waals surface area contributed by atoms with Gasteiger partial charge in [-0.05, 0) is 68.4 Å². The lowest BCUT2D eigenvalue weighted by atomic mass is 9.87. The molecule has 0 spiro atoms. The molecule has 1 aliphatic carbocycles. The molecule has 1 aromatic carbocycles. The van der Waals surface area contributed by atoms with Gasteiger partial charge in [0, 0.05) is 39.3 Å². The molecule has 2 aliphatic heterocycles. The summed E-state index contributed by atoms with van der Waals surface area (Å²) in [5, 5.41) is 6.26. The molecule has 1 saturated carbocycles. The smallest absolute Gasteiger partial charge is 0.243 e. The quantitative estimate of drug-likeness (QED) is 0.433. The van der Waals surface area contributed by atoms with Crippen LogP contribution in [0.4, 0.5) is 11.5 Å². The number of ether oxygens (including phenoxy) is 1. The van der Waals surface area contributed by atoms with Gasteiger partial charge in [-0.2, -0.15) is 4.31 Å². The van der Waals surface area contributed by atoms with Crippen molar-refractivity contribution < 1.29 is 17.9 Å². The molecule has 3 heterocycles. The number of carbonyl (C=O) groups excluding carboxylic acids is 1. The summed E-state index contributed by atoms with van der Waals surface area (Å²) in [5.74, 6) is 0.724. The van der Waals surface area contributed by atoms with E-state index in [1.54, 1.807) is 28.6 Å². The molecule has 2 aromatic rings. The molecular weight excluding hydrogens is 573 g/mol. The summed E-state index contributed by atoms with van der Waals surface area (Å²) in [6.07, 6.45) is 5.25. The van der Waals surface area contributed by atoms with Crippen LogP contribution in [0, 0.1) is 12.8 Å². The lowest BCUT2D eigenvalue weighted by Crippen LogP contribution is -2.47. The summed E-state index contributed by atoms with van der Waals surface area (Å²) >= 11 is 5.55. The van der Waals surface area contributed by atoms with Crippen molar-refractivity contribution in [3.63, 3.8) is 0 Å². The number of piperazine rings is 1. The van der Waals surface area contributed by atoms with Crippen molar-refractivity contribution in [1.29, 1.82) is 0 Å². The maximum Gasteiger partial charge on any atom is 0.243 e. The number of carbonyl (C=O) groups is 1. The lowest BCUT2D eigenvalue weighted by molar-refractivity contribution is -0.121. The van der Waals surface area contributed by atoms with Crippen LogP contribution in [0.15, 0.2) is 41.3 Å². The minimum atomic E-state index is -3.58.